The molecule has 2 aromatic heterocycles. The van der Waals surface area contributed by atoms with Gasteiger partial charge in [-0.15, -0.1) is 11.3 Å². The van der Waals surface area contributed by atoms with E-state index in [1.54, 1.807) is 11.3 Å². The first-order valence-corrected chi connectivity index (χ1v) is 8.28. The van der Waals surface area contributed by atoms with Crippen LogP contribution >= 0.6 is 11.3 Å². The highest BCUT2D eigenvalue weighted by Gasteiger charge is 2.24. The van der Waals surface area contributed by atoms with Gasteiger partial charge < -0.3 is 10.2 Å². The van der Waals surface area contributed by atoms with Crippen molar-refractivity contribution in [3.8, 4) is 0 Å². The van der Waals surface area contributed by atoms with Gasteiger partial charge in [0, 0.05) is 30.2 Å². The Kier molecular flexibility index (Phi) is 3.84. The Balaban J connectivity index is 1.74. The fourth-order valence-electron chi connectivity index (χ4n) is 3.26. The molecule has 0 bridgehead atoms. The van der Waals surface area contributed by atoms with Crippen molar-refractivity contribution in [1.29, 1.82) is 0 Å². The second kappa shape index (κ2) is 5.47. The third kappa shape index (κ3) is 2.50. The third-order valence-electron chi connectivity index (χ3n) is 4.47. The van der Waals surface area contributed by atoms with Crippen LogP contribution in [0.2, 0.25) is 0 Å². The number of imidazole rings is 1. The zero-order valence-electron chi connectivity index (χ0n) is 12.8. The lowest BCUT2D eigenvalue weighted by atomic mass is 9.94. The predicted octanol–water partition coefficient (Wildman–Crippen LogP) is 2.44. The Morgan fingerprint density at radius 3 is 3.00 bits per heavy atom. The van der Waals surface area contributed by atoms with Gasteiger partial charge in [-0.05, 0) is 39.8 Å². The third-order valence-corrected chi connectivity index (χ3v) is 5.41. The highest BCUT2D eigenvalue weighted by atomic mass is 32.1. The number of aromatic nitrogens is 2. The van der Waals surface area contributed by atoms with Crippen LogP contribution in [0.25, 0.3) is 4.96 Å². The quantitative estimate of drug-likeness (QED) is 0.943. The molecule has 0 amide bonds. The second-order valence-electron chi connectivity index (χ2n) is 6.15. The molecule has 5 heteroatoms. The lowest BCUT2D eigenvalue weighted by Crippen LogP contribution is -2.46. The molecule has 3 heterocycles. The van der Waals surface area contributed by atoms with Crippen LogP contribution in [0.3, 0.4) is 0 Å². The van der Waals surface area contributed by atoms with Gasteiger partial charge in [0.15, 0.2) is 4.96 Å². The number of rotatable bonds is 3. The number of likely N-dealkylation sites (tertiary alicyclic amines) is 1. The fourth-order valence-corrected chi connectivity index (χ4v) is 4.19. The van der Waals surface area contributed by atoms with Crippen molar-refractivity contribution >= 4 is 16.3 Å². The van der Waals surface area contributed by atoms with Gasteiger partial charge in [0.05, 0.1) is 11.4 Å². The summed E-state index contributed by atoms with van der Waals surface area (Å²) in [5.41, 5.74) is 3.77. The first-order chi connectivity index (χ1) is 9.56. The molecule has 1 N–H and O–H groups in total. The van der Waals surface area contributed by atoms with Gasteiger partial charge >= 0.3 is 0 Å². The molecular formula is C15H24N4S. The molecule has 0 aliphatic carbocycles. The van der Waals surface area contributed by atoms with E-state index in [1.165, 1.54) is 30.9 Å². The number of piperidine rings is 1. The largest absolute Gasteiger partial charge is 0.308 e. The minimum Gasteiger partial charge on any atom is -0.308 e. The molecule has 20 heavy (non-hydrogen) atoms. The number of nitrogens with one attached hydrogen (secondary N) is 1. The summed E-state index contributed by atoms with van der Waals surface area (Å²) in [6.45, 7) is 9.93. The maximum Gasteiger partial charge on any atom is 0.194 e. The first-order valence-electron chi connectivity index (χ1n) is 7.40. The highest BCUT2D eigenvalue weighted by Crippen LogP contribution is 2.21. The maximum atomic E-state index is 4.66. The van der Waals surface area contributed by atoms with E-state index >= 15 is 0 Å². The smallest absolute Gasteiger partial charge is 0.194 e. The van der Waals surface area contributed by atoms with Crippen LogP contribution in [0.4, 0.5) is 0 Å². The Labute approximate surface area is 124 Å². The van der Waals surface area contributed by atoms with Gasteiger partial charge in [-0.25, -0.2) is 4.98 Å². The van der Waals surface area contributed by atoms with E-state index in [1.807, 2.05) is 0 Å². The number of hydrogen-bond acceptors (Lipinski definition) is 4. The van der Waals surface area contributed by atoms with Crippen molar-refractivity contribution in [2.24, 2.45) is 5.92 Å². The predicted molar refractivity (Wildman–Crippen MR) is 84.4 cm³/mol. The van der Waals surface area contributed by atoms with E-state index in [2.05, 4.69) is 52.8 Å². The topological polar surface area (TPSA) is 32.6 Å². The SMILES string of the molecule is Cc1nc2scc(C)n2c1CNC1CCN(C)CC1C. The first kappa shape index (κ1) is 14.0. The van der Waals surface area contributed by atoms with E-state index in [0.29, 0.717) is 12.0 Å². The average molecular weight is 292 g/mol. The van der Waals surface area contributed by atoms with Crippen molar-refractivity contribution in [1.82, 2.24) is 19.6 Å². The lowest BCUT2D eigenvalue weighted by molar-refractivity contribution is 0.174. The minimum absolute atomic E-state index is 0.620. The van der Waals surface area contributed by atoms with Gasteiger partial charge in [0.25, 0.3) is 0 Å². The van der Waals surface area contributed by atoms with Crippen molar-refractivity contribution in [2.45, 2.75) is 39.8 Å². The summed E-state index contributed by atoms with van der Waals surface area (Å²) in [7, 11) is 2.21. The number of thiazole rings is 1. The molecular weight excluding hydrogens is 268 g/mol. The molecule has 2 atom stereocenters. The van der Waals surface area contributed by atoms with Crippen LogP contribution in [-0.4, -0.2) is 40.5 Å². The number of nitrogens with zero attached hydrogens (tertiary/aromatic N) is 3. The van der Waals surface area contributed by atoms with Crippen LogP contribution in [0.15, 0.2) is 5.38 Å². The Hall–Kier alpha value is -0.910. The Bertz CT molecular complexity index is 600. The number of aryl methyl sites for hydroxylation is 2. The van der Waals surface area contributed by atoms with Crippen LogP contribution in [0.5, 0.6) is 0 Å². The number of fused-ring (bicyclic) bond motifs is 1. The number of hydrogen-bond donors (Lipinski definition) is 1. The van der Waals surface area contributed by atoms with Gasteiger partial charge in [0.1, 0.15) is 0 Å². The molecule has 110 valence electrons. The molecule has 0 saturated carbocycles. The van der Waals surface area contributed by atoms with Crippen molar-refractivity contribution < 1.29 is 0 Å². The molecule has 0 spiro atoms. The molecule has 1 saturated heterocycles. The van der Waals surface area contributed by atoms with Gasteiger partial charge in [0.2, 0.25) is 0 Å². The molecule has 0 radical (unpaired) electrons. The summed E-state index contributed by atoms with van der Waals surface area (Å²) >= 11 is 1.73. The van der Waals surface area contributed by atoms with E-state index in [4.69, 9.17) is 0 Å². The average Bonchev–Trinajstić information content (AvgIpc) is 2.89. The molecule has 0 aromatic carbocycles. The van der Waals surface area contributed by atoms with Gasteiger partial charge in [-0.2, -0.15) is 0 Å². The van der Waals surface area contributed by atoms with Crippen molar-refractivity contribution in [3.63, 3.8) is 0 Å². The normalized spacial score (nSPS) is 24.6. The summed E-state index contributed by atoms with van der Waals surface area (Å²) in [5.74, 6) is 0.709. The molecule has 1 aliphatic heterocycles. The zero-order valence-corrected chi connectivity index (χ0v) is 13.6. The van der Waals surface area contributed by atoms with Crippen molar-refractivity contribution in [2.75, 3.05) is 20.1 Å². The van der Waals surface area contributed by atoms with E-state index in [9.17, 15) is 0 Å². The molecule has 4 nitrogen and oxygen atoms in total. The molecule has 2 unspecified atom stereocenters. The van der Waals surface area contributed by atoms with Crippen molar-refractivity contribution in [3.05, 3.63) is 22.5 Å². The highest BCUT2D eigenvalue weighted by molar-refractivity contribution is 7.15. The lowest BCUT2D eigenvalue weighted by Gasteiger charge is -2.35. The zero-order chi connectivity index (χ0) is 14.3. The standard InChI is InChI=1S/C15H24N4S/c1-10-8-18(4)6-5-13(10)16-7-14-12(3)17-15-19(14)11(2)9-20-15/h9-10,13,16H,5-8H2,1-4H3. The molecule has 1 aliphatic rings. The fraction of sp³-hybridized carbons (Fsp3) is 0.667. The Morgan fingerprint density at radius 1 is 1.45 bits per heavy atom. The van der Waals surface area contributed by atoms with Gasteiger partial charge in [-0.3, -0.25) is 4.40 Å². The van der Waals surface area contributed by atoms with Crippen LogP contribution < -0.4 is 5.32 Å². The summed E-state index contributed by atoms with van der Waals surface area (Å²) < 4.78 is 2.30. The molecule has 1 fully saturated rings. The maximum absolute atomic E-state index is 4.66. The second-order valence-corrected chi connectivity index (χ2v) is 6.99. The van der Waals surface area contributed by atoms with E-state index < -0.39 is 0 Å². The minimum atomic E-state index is 0.620. The van der Waals surface area contributed by atoms with Crippen LogP contribution in [0, 0.1) is 19.8 Å². The van der Waals surface area contributed by atoms with Crippen LogP contribution in [0.1, 0.15) is 30.4 Å². The van der Waals surface area contributed by atoms with E-state index in [0.717, 1.165) is 17.2 Å². The van der Waals surface area contributed by atoms with E-state index in [-0.39, 0.29) is 0 Å². The van der Waals surface area contributed by atoms with Gasteiger partial charge in [-0.1, -0.05) is 6.92 Å². The summed E-state index contributed by atoms with van der Waals surface area (Å²) in [4.78, 5) is 8.21. The summed E-state index contributed by atoms with van der Waals surface area (Å²) in [5, 5.41) is 5.95. The summed E-state index contributed by atoms with van der Waals surface area (Å²) in [6, 6.07) is 0.620. The summed E-state index contributed by atoms with van der Waals surface area (Å²) in [6.07, 6.45) is 1.24. The monoisotopic (exact) mass is 292 g/mol. The van der Waals surface area contributed by atoms with Crippen LogP contribution in [-0.2, 0) is 6.54 Å². The Morgan fingerprint density at radius 2 is 2.25 bits per heavy atom. The molecule has 3 rings (SSSR count). The molecule has 2 aromatic rings.